The second kappa shape index (κ2) is 2.74. The molecule has 0 N–H and O–H groups in total. The Hall–Kier alpha value is 0. The highest BCUT2D eigenvalue weighted by Gasteiger charge is 2.47. The normalized spacial score (nSPS) is 56.3. The van der Waals surface area contributed by atoms with E-state index in [0.717, 1.165) is 11.8 Å². The van der Waals surface area contributed by atoms with Crippen LogP contribution in [0.2, 0.25) is 0 Å². The van der Waals surface area contributed by atoms with Gasteiger partial charge >= 0.3 is 0 Å². The zero-order valence-corrected chi connectivity index (χ0v) is 9.69. The fourth-order valence-electron chi connectivity index (χ4n) is 3.48. The van der Waals surface area contributed by atoms with Crippen LogP contribution >= 0.6 is 0 Å². The van der Waals surface area contributed by atoms with Gasteiger partial charge in [-0.05, 0) is 54.8 Å². The molecule has 2 bridgehead atoms. The van der Waals surface area contributed by atoms with Crippen LogP contribution in [0.1, 0.15) is 59.8 Å². The lowest BCUT2D eigenvalue weighted by atomic mass is 9.63. The summed E-state index contributed by atoms with van der Waals surface area (Å²) in [5.74, 6) is 1.90. The van der Waals surface area contributed by atoms with E-state index in [9.17, 15) is 0 Å². The van der Waals surface area contributed by atoms with Crippen LogP contribution in [0.15, 0.2) is 0 Å². The van der Waals surface area contributed by atoms with Crippen LogP contribution in [-0.2, 0) is 0 Å². The van der Waals surface area contributed by atoms with E-state index in [0.29, 0.717) is 10.8 Å². The van der Waals surface area contributed by atoms with Gasteiger partial charge in [-0.3, -0.25) is 0 Å². The smallest absolute Gasteiger partial charge is 0.0300 e. The molecule has 0 heterocycles. The molecule has 0 amide bonds. The number of fused-ring (bicyclic) bond motifs is 4. The molecule has 3 saturated carbocycles. The molecule has 0 aromatic carbocycles. The minimum absolute atomic E-state index is 0.685. The Morgan fingerprint density at radius 2 is 1.08 bits per heavy atom. The van der Waals surface area contributed by atoms with Crippen molar-refractivity contribution < 1.29 is 0 Å². The summed E-state index contributed by atoms with van der Waals surface area (Å²) in [6.07, 6.45) is 7.39. The van der Waals surface area contributed by atoms with Gasteiger partial charge in [0.05, 0.1) is 0 Å². The lowest BCUT2D eigenvalue weighted by Crippen LogP contribution is -2.31. The second-order valence-corrected chi connectivity index (χ2v) is 6.35. The maximum atomic E-state index is 2.52. The average Bonchev–Trinajstić information content (AvgIpc) is 2.21. The van der Waals surface area contributed by atoms with Crippen LogP contribution in [0.3, 0.4) is 0 Å². The van der Waals surface area contributed by atoms with Gasteiger partial charge in [-0.2, -0.15) is 0 Å². The van der Waals surface area contributed by atoms with E-state index in [1.54, 1.807) is 0 Å². The third-order valence-corrected chi connectivity index (χ3v) is 5.62. The highest BCUT2D eigenvalue weighted by Crippen LogP contribution is 2.58. The first-order valence-corrected chi connectivity index (χ1v) is 5.96. The summed E-state index contributed by atoms with van der Waals surface area (Å²) in [6, 6.07) is 0. The summed E-state index contributed by atoms with van der Waals surface area (Å²) in [6.45, 7) is 10.0. The van der Waals surface area contributed by atoms with Crippen LogP contribution in [0.5, 0.6) is 0 Å². The summed E-state index contributed by atoms with van der Waals surface area (Å²) in [5.41, 5.74) is 1.37. The first-order chi connectivity index (χ1) is 5.96. The average molecular weight is 180 g/mol. The van der Waals surface area contributed by atoms with Gasteiger partial charge in [0.25, 0.3) is 0 Å². The molecule has 3 fully saturated rings. The van der Waals surface area contributed by atoms with E-state index in [4.69, 9.17) is 0 Å². The van der Waals surface area contributed by atoms with Gasteiger partial charge in [0.15, 0.2) is 0 Å². The Labute approximate surface area is 83.1 Å². The molecular weight excluding hydrogens is 156 g/mol. The quantitative estimate of drug-likeness (QED) is 0.523. The van der Waals surface area contributed by atoms with Crippen LogP contribution in [0.4, 0.5) is 0 Å². The topological polar surface area (TPSA) is 0 Å². The summed E-state index contributed by atoms with van der Waals surface area (Å²) in [7, 11) is 0. The standard InChI is InChI=1S/C13H24/c1-10-9-11(2)13(4)7-5-12(10,3)6-8-13/h10-11H,5-9H2,1-4H3. The summed E-state index contributed by atoms with van der Waals surface area (Å²) < 4.78 is 0. The molecule has 13 heavy (non-hydrogen) atoms. The second-order valence-electron chi connectivity index (χ2n) is 6.35. The predicted molar refractivity (Wildman–Crippen MR) is 57.6 cm³/mol. The molecule has 0 aromatic heterocycles. The molecule has 0 aromatic rings. The zero-order valence-electron chi connectivity index (χ0n) is 9.69. The minimum atomic E-state index is 0.685. The van der Waals surface area contributed by atoms with Crippen molar-refractivity contribution >= 4 is 0 Å². The van der Waals surface area contributed by atoms with Crippen LogP contribution in [0, 0.1) is 22.7 Å². The molecule has 3 aliphatic rings. The van der Waals surface area contributed by atoms with Crippen LogP contribution < -0.4 is 0 Å². The van der Waals surface area contributed by atoms with Crippen molar-refractivity contribution in [2.75, 3.05) is 0 Å². The van der Waals surface area contributed by atoms with E-state index in [2.05, 4.69) is 27.7 Å². The third kappa shape index (κ3) is 1.33. The third-order valence-electron chi connectivity index (χ3n) is 5.62. The number of rotatable bonds is 0. The fraction of sp³-hybridized carbons (Fsp3) is 1.00. The van der Waals surface area contributed by atoms with Gasteiger partial charge in [0, 0.05) is 0 Å². The molecule has 0 saturated heterocycles. The van der Waals surface area contributed by atoms with E-state index in [1.807, 2.05) is 0 Å². The molecule has 0 radical (unpaired) electrons. The fourth-order valence-corrected chi connectivity index (χ4v) is 3.48. The molecule has 3 rings (SSSR count). The lowest BCUT2D eigenvalue weighted by Gasteiger charge is -2.42. The molecule has 0 aliphatic heterocycles. The first-order valence-electron chi connectivity index (χ1n) is 5.96. The Kier molecular flexibility index (Phi) is 2.02. The summed E-state index contributed by atoms with van der Waals surface area (Å²) >= 11 is 0. The van der Waals surface area contributed by atoms with Gasteiger partial charge in [0.1, 0.15) is 0 Å². The van der Waals surface area contributed by atoms with Crippen molar-refractivity contribution in [2.45, 2.75) is 59.8 Å². The molecule has 3 aliphatic carbocycles. The van der Waals surface area contributed by atoms with E-state index in [1.165, 1.54) is 32.1 Å². The molecule has 0 spiro atoms. The molecule has 2 atom stereocenters. The Balaban J connectivity index is 2.29. The van der Waals surface area contributed by atoms with Crippen molar-refractivity contribution in [3.8, 4) is 0 Å². The molecular formula is C13H24. The van der Waals surface area contributed by atoms with Crippen molar-refractivity contribution in [3.63, 3.8) is 0 Å². The highest BCUT2D eigenvalue weighted by atomic mass is 14.5. The van der Waals surface area contributed by atoms with Crippen LogP contribution in [0.25, 0.3) is 0 Å². The Bertz CT molecular complexity index is 174. The highest BCUT2D eigenvalue weighted by molar-refractivity contribution is 4.97. The Morgan fingerprint density at radius 3 is 1.38 bits per heavy atom. The van der Waals surface area contributed by atoms with Gasteiger partial charge in [-0.25, -0.2) is 0 Å². The van der Waals surface area contributed by atoms with Gasteiger partial charge in [0.2, 0.25) is 0 Å². The molecule has 0 heteroatoms. The van der Waals surface area contributed by atoms with Crippen LogP contribution in [-0.4, -0.2) is 0 Å². The van der Waals surface area contributed by atoms with Crippen molar-refractivity contribution in [2.24, 2.45) is 22.7 Å². The van der Waals surface area contributed by atoms with Crippen molar-refractivity contribution in [1.29, 1.82) is 0 Å². The summed E-state index contributed by atoms with van der Waals surface area (Å²) in [4.78, 5) is 0. The van der Waals surface area contributed by atoms with E-state index < -0.39 is 0 Å². The Morgan fingerprint density at radius 1 is 0.769 bits per heavy atom. The first kappa shape index (κ1) is 9.55. The van der Waals surface area contributed by atoms with Gasteiger partial charge in [-0.1, -0.05) is 27.7 Å². The maximum Gasteiger partial charge on any atom is -0.0300 e. The zero-order chi connectivity index (χ0) is 9.69. The number of hydrogen-bond acceptors (Lipinski definition) is 0. The van der Waals surface area contributed by atoms with Crippen molar-refractivity contribution in [1.82, 2.24) is 0 Å². The molecule has 76 valence electrons. The van der Waals surface area contributed by atoms with Crippen molar-refractivity contribution in [3.05, 3.63) is 0 Å². The van der Waals surface area contributed by atoms with E-state index >= 15 is 0 Å². The molecule has 0 nitrogen and oxygen atoms in total. The maximum absolute atomic E-state index is 2.52. The predicted octanol–water partition coefficient (Wildman–Crippen LogP) is 4.25. The van der Waals surface area contributed by atoms with Gasteiger partial charge < -0.3 is 0 Å². The van der Waals surface area contributed by atoms with Gasteiger partial charge in [-0.15, -0.1) is 0 Å². The number of hydrogen-bond donors (Lipinski definition) is 0. The van der Waals surface area contributed by atoms with E-state index in [-0.39, 0.29) is 0 Å². The SMILES string of the molecule is CC1CC(C)C2(C)CCC1(C)CC2. The lowest BCUT2D eigenvalue weighted by molar-refractivity contribution is 0.0892. The monoisotopic (exact) mass is 180 g/mol. The molecule has 2 unspecified atom stereocenters. The minimum Gasteiger partial charge on any atom is -0.0620 e. The largest absolute Gasteiger partial charge is 0.0620 e. The summed E-state index contributed by atoms with van der Waals surface area (Å²) in [5, 5.41) is 0.